The fourth-order valence-corrected chi connectivity index (χ4v) is 1.37. The van der Waals surface area contributed by atoms with Gasteiger partial charge in [-0.25, -0.2) is 4.79 Å². The van der Waals surface area contributed by atoms with Gasteiger partial charge in [0.1, 0.15) is 6.21 Å². The molecule has 0 aliphatic heterocycles. The van der Waals surface area contributed by atoms with Crippen molar-refractivity contribution in [2.75, 3.05) is 28.4 Å². The van der Waals surface area contributed by atoms with E-state index >= 15 is 0 Å². The third kappa shape index (κ3) is 3.97. The summed E-state index contributed by atoms with van der Waals surface area (Å²) < 4.78 is 19.0. The fraction of sp³-hybridized carbons (Fsp3) is 0.667. The maximum absolute atomic E-state index is 10.6. The Morgan fingerprint density at radius 3 is 2.00 bits per heavy atom. The summed E-state index contributed by atoms with van der Waals surface area (Å²) in [5.41, 5.74) is 0. The van der Waals surface area contributed by atoms with Gasteiger partial charge in [0.2, 0.25) is 0 Å². The van der Waals surface area contributed by atoms with Crippen molar-refractivity contribution in [2.24, 2.45) is 9.96 Å². The smallest absolute Gasteiger partial charge is 0.378 e. The van der Waals surface area contributed by atoms with Gasteiger partial charge in [0.05, 0.1) is 7.11 Å². The Kier molecular flexibility index (Phi) is 6.31. The van der Waals surface area contributed by atoms with Gasteiger partial charge in [0.25, 0.3) is 0 Å². The van der Waals surface area contributed by atoms with E-state index in [1.807, 2.05) is 0 Å². The Balaban J connectivity index is 4.59. The minimum atomic E-state index is -2.79. The molecule has 0 radical (unpaired) electrons. The third-order valence-electron chi connectivity index (χ3n) is 1.22. The Bertz CT molecular complexity index is 246. The highest BCUT2D eigenvalue weighted by Crippen LogP contribution is 2.50. The van der Waals surface area contributed by atoms with Gasteiger partial charge in [-0.1, -0.05) is 4.85 Å². The Labute approximate surface area is 82.3 Å². The van der Waals surface area contributed by atoms with Crippen LogP contribution in [0.4, 0.5) is 0 Å². The van der Waals surface area contributed by atoms with Gasteiger partial charge in [-0.15, -0.1) is 5.10 Å². The van der Waals surface area contributed by atoms with Crippen molar-refractivity contribution < 1.29 is 23.1 Å². The minimum Gasteiger partial charge on any atom is -0.465 e. The first-order valence-corrected chi connectivity index (χ1v) is 5.03. The van der Waals surface area contributed by atoms with Crippen LogP contribution in [0.25, 0.3) is 0 Å². The van der Waals surface area contributed by atoms with Crippen molar-refractivity contribution in [3.05, 3.63) is 0 Å². The molecule has 0 saturated carbocycles. The predicted octanol–water partition coefficient (Wildman–Crippen LogP) is 1.03. The van der Waals surface area contributed by atoms with Crippen LogP contribution in [0, 0.1) is 0 Å². The Morgan fingerprint density at radius 2 is 1.64 bits per heavy atom. The summed E-state index contributed by atoms with van der Waals surface area (Å²) in [4.78, 5) is 14.2. The highest BCUT2D eigenvalue weighted by Gasteiger charge is 2.17. The number of carbonyl (C=O) groups excluding carboxylic acids is 1. The standard InChI is InChI=1S/C6H13N2O5P/c1-10-6(9)5-7-8-14(11-2,12-3)13-4/h5H,1-4H3/b7-5+. The zero-order valence-electron chi connectivity index (χ0n) is 8.46. The molecule has 0 unspecified atom stereocenters. The summed E-state index contributed by atoms with van der Waals surface area (Å²) in [6, 6.07) is 0. The van der Waals surface area contributed by atoms with Crippen molar-refractivity contribution in [2.45, 2.75) is 0 Å². The van der Waals surface area contributed by atoms with Crippen molar-refractivity contribution in [1.82, 2.24) is 0 Å². The summed E-state index contributed by atoms with van der Waals surface area (Å²) in [6.07, 6.45) is 0.895. The molecule has 0 aromatic carbocycles. The molecule has 14 heavy (non-hydrogen) atoms. The average Bonchev–Trinajstić information content (AvgIpc) is 2.25. The summed E-state index contributed by atoms with van der Waals surface area (Å²) >= 11 is 0. The highest BCUT2D eigenvalue weighted by atomic mass is 31.2. The second kappa shape index (κ2) is 6.67. The molecule has 0 saturated heterocycles. The molecule has 0 aliphatic carbocycles. The van der Waals surface area contributed by atoms with E-state index in [1.165, 1.54) is 28.4 Å². The largest absolute Gasteiger partial charge is 0.465 e. The molecule has 0 fully saturated rings. The monoisotopic (exact) mass is 224 g/mol. The van der Waals surface area contributed by atoms with Gasteiger partial charge < -0.3 is 18.3 Å². The molecule has 0 bridgehead atoms. The molecule has 0 aromatic heterocycles. The summed E-state index contributed by atoms with van der Waals surface area (Å²) in [5, 5.41) is 3.43. The van der Waals surface area contributed by atoms with Gasteiger partial charge in [-0.05, 0) is 0 Å². The van der Waals surface area contributed by atoms with E-state index in [1.54, 1.807) is 0 Å². The summed E-state index contributed by atoms with van der Waals surface area (Å²) in [7, 11) is 2.57. The van der Waals surface area contributed by atoms with Crippen molar-refractivity contribution in [1.29, 1.82) is 0 Å². The number of nitrogens with zero attached hydrogens (tertiary/aromatic N) is 2. The van der Waals surface area contributed by atoms with Crippen LogP contribution in [-0.2, 0) is 23.1 Å². The first kappa shape index (κ1) is 13.2. The number of ether oxygens (including phenoxy) is 1. The Hall–Kier alpha value is -0.750. The van der Waals surface area contributed by atoms with E-state index in [9.17, 15) is 4.79 Å². The molecule has 7 nitrogen and oxygen atoms in total. The molecule has 0 heterocycles. The molecule has 8 heteroatoms. The molecule has 0 N–H and O–H groups in total. The van der Waals surface area contributed by atoms with Gasteiger partial charge in [-0.2, -0.15) is 0 Å². The maximum atomic E-state index is 10.6. The van der Waals surface area contributed by atoms with Crippen LogP contribution in [0.5, 0.6) is 0 Å². The van der Waals surface area contributed by atoms with Crippen molar-refractivity contribution >= 4 is 19.9 Å². The van der Waals surface area contributed by atoms with Crippen LogP contribution in [0.15, 0.2) is 9.96 Å². The maximum Gasteiger partial charge on any atom is 0.378 e. The van der Waals surface area contributed by atoms with E-state index in [4.69, 9.17) is 13.6 Å². The number of hydrogen-bond acceptors (Lipinski definition) is 6. The second-order valence-corrected chi connectivity index (χ2v) is 4.08. The lowest BCUT2D eigenvalue weighted by atomic mass is 10.8. The van der Waals surface area contributed by atoms with E-state index in [-0.39, 0.29) is 0 Å². The molecule has 0 atom stereocenters. The molecular formula is C6H13N2O5P. The molecule has 82 valence electrons. The average molecular weight is 224 g/mol. The van der Waals surface area contributed by atoms with Crippen LogP contribution >= 0.6 is 7.74 Å². The Morgan fingerprint density at radius 1 is 1.14 bits per heavy atom. The first-order chi connectivity index (χ1) is 6.64. The molecular weight excluding hydrogens is 211 g/mol. The third-order valence-corrected chi connectivity index (χ3v) is 2.92. The van der Waals surface area contributed by atoms with Crippen molar-refractivity contribution in [3.63, 3.8) is 0 Å². The molecule has 0 aliphatic rings. The lowest BCUT2D eigenvalue weighted by Gasteiger charge is -2.14. The van der Waals surface area contributed by atoms with Crippen LogP contribution in [0.3, 0.4) is 0 Å². The van der Waals surface area contributed by atoms with Crippen LogP contribution < -0.4 is 0 Å². The van der Waals surface area contributed by atoms with Crippen LogP contribution in [0.2, 0.25) is 0 Å². The van der Waals surface area contributed by atoms with Gasteiger partial charge >= 0.3 is 13.7 Å². The predicted molar refractivity (Wildman–Crippen MR) is 50.9 cm³/mol. The lowest BCUT2D eigenvalue weighted by molar-refractivity contribution is -0.132. The van der Waals surface area contributed by atoms with Gasteiger partial charge in [0, 0.05) is 21.3 Å². The summed E-state index contributed by atoms with van der Waals surface area (Å²) in [6.45, 7) is 0. The number of rotatable bonds is 5. The number of methoxy groups -OCH3 is 1. The van der Waals surface area contributed by atoms with Crippen LogP contribution in [-0.4, -0.2) is 40.6 Å². The second-order valence-electron chi connectivity index (χ2n) is 1.87. The van der Waals surface area contributed by atoms with Gasteiger partial charge in [-0.3, -0.25) is 0 Å². The zero-order chi connectivity index (χ0) is 11.0. The van der Waals surface area contributed by atoms with Crippen LogP contribution in [0.1, 0.15) is 0 Å². The van der Waals surface area contributed by atoms with E-state index in [0.717, 1.165) is 6.21 Å². The van der Waals surface area contributed by atoms with Gasteiger partial charge in [0.15, 0.2) is 0 Å². The first-order valence-electron chi connectivity index (χ1n) is 3.54. The summed E-state index contributed by atoms with van der Waals surface area (Å²) in [5.74, 6) is -0.616. The SMILES string of the molecule is COC(=O)/C=N/N=P(OC)(OC)OC. The highest BCUT2D eigenvalue weighted by molar-refractivity contribution is 7.51. The zero-order valence-corrected chi connectivity index (χ0v) is 9.35. The fourth-order valence-electron chi connectivity index (χ4n) is 0.522. The number of esters is 1. The van der Waals surface area contributed by atoms with E-state index in [0.29, 0.717) is 0 Å². The topological polar surface area (TPSA) is 78.7 Å². The minimum absolute atomic E-state index is 0.616. The lowest BCUT2D eigenvalue weighted by Crippen LogP contribution is -2.00. The van der Waals surface area contributed by atoms with E-state index < -0.39 is 13.7 Å². The quantitative estimate of drug-likeness (QED) is 0.301. The molecule has 0 aromatic rings. The molecule has 0 rings (SSSR count). The van der Waals surface area contributed by atoms with Crippen molar-refractivity contribution in [3.8, 4) is 0 Å². The molecule has 0 spiro atoms. The molecule has 0 amide bonds. The number of hydrogen-bond donors (Lipinski definition) is 0. The van der Waals surface area contributed by atoms with E-state index in [2.05, 4.69) is 14.7 Å². The normalized spacial score (nSPS) is 11.7. The number of carbonyl (C=O) groups is 1.